The van der Waals surface area contributed by atoms with Crippen molar-refractivity contribution in [3.05, 3.63) is 28.2 Å². The highest BCUT2D eigenvalue weighted by Gasteiger charge is 2.15. The van der Waals surface area contributed by atoms with Crippen LogP contribution in [0.4, 0.5) is 0 Å². The SMILES string of the molecule is Cc1cc(Br)ccc1S(=O)(=O)NCCO. The summed E-state index contributed by atoms with van der Waals surface area (Å²) in [6.07, 6.45) is 0. The van der Waals surface area contributed by atoms with Crippen LogP contribution in [0.2, 0.25) is 0 Å². The maximum absolute atomic E-state index is 11.7. The third-order valence-electron chi connectivity index (χ3n) is 1.83. The zero-order valence-corrected chi connectivity index (χ0v) is 10.6. The first-order valence-corrected chi connectivity index (χ1v) is 6.61. The molecule has 2 N–H and O–H groups in total. The predicted octanol–water partition coefficient (Wildman–Crippen LogP) is 1.03. The lowest BCUT2D eigenvalue weighted by Crippen LogP contribution is -2.27. The van der Waals surface area contributed by atoms with Gasteiger partial charge in [0, 0.05) is 11.0 Å². The third-order valence-corrected chi connectivity index (χ3v) is 3.94. The minimum atomic E-state index is -3.50. The van der Waals surface area contributed by atoms with Gasteiger partial charge in [-0.25, -0.2) is 13.1 Å². The number of hydrogen-bond acceptors (Lipinski definition) is 3. The lowest BCUT2D eigenvalue weighted by Gasteiger charge is -2.08. The first-order valence-electron chi connectivity index (χ1n) is 4.34. The molecule has 4 nitrogen and oxygen atoms in total. The van der Waals surface area contributed by atoms with E-state index in [4.69, 9.17) is 5.11 Å². The molecule has 0 amide bonds. The molecule has 0 radical (unpaired) electrons. The second-order valence-corrected chi connectivity index (χ2v) is 5.68. The van der Waals surface area contributed by atoms with Gasteiger partial charge in [-0.05, 0) is 30.7 Å². The lowest BCUT2D eigenvalue weighted by molar-refractivity contribution is 0.301. The van der Waals surface area contributed by atoms with E-state index in [0.717, 1.165) is 4.47 Å². The molecule has 15 heavy (non-hydrogen) atoms. The average Bonchev–Trinajstić information content (AvgIpc) is 2.14. The van der Waals surface area contributed by atoms with Crippen molar-refractivity contribution in [1.82, 2.24) is 4.72 Å². The molecule has 0 heterocycles. The van der Waals surface area contributed by atoms with E-state index in [1.54, 1.807) is 19.1 Å². The van der Waals surface area contributed by atoms with Gasteiger partial charge in [-0.15, -0.1) is 0 Å². The van der Waals surface area contributed by atoms with Crippen molar-refractivity contribution in [2.45, 2.75) is 11.8 Å². The molecule has 0 saturated carbocycles. The van der Waals surface area contributed by atoms with E-state index in [2.05, 4.69) is 20.7 Å². The Morgan fingerprint density at radius 2 is 2.13 bits per heavy atom. The molecular weight excluding hydrogens is 282 g/mol. The Morgan fingerprint density at radius 1 is 1.47 bits per heavy atom. The molecule has 0 atom stereocenters. The van der Waals surface area contributed by atoms with Crippen LogP contribution < -0.4 is 4.72 Å². The highest BCUT2D eigenvalue weighted by molar-refractivity contribution is 9.10. The van der Waals surface area contributed by atoms with Gasteiger partial charge in [0.2, 0.25) is 10.0 Å². The van der Waals surface area contributed by atoms with Crippen LogP contribution in [0.15, 0.2) is 27.6 Å². The number of rotatable bonds is 4. The molecule has 6 heteroatoms. The van der Waals surface area contributed by atoms with Gasteiger partial charge in [0.05, 0.1) is 11.5 Å². The number of aryl methyl sites for hydroxylation is 1. The van der Waals surface area contributed by atoms with E-state index in [1.165, 1.54) is 6.07 Å². The fourth-order valence-corrected chi connectivity index (χ4v) is 2.89. The Kier molecular flexibility index (Phi) is 4.27. The van der Waals surface area contributed by atoms with Crippen LogP contribution in [-0.4, -0.2) is 26.7 Å². The fourth-order valence-electron chi connectivity index (χ4n) is 1.17. The quantitative estimate of drug-likeness (QED) is 0.871. The number of halogens is 1. The number of sulfonamides is 1. The Hall–Kier alpha value is -0.430. The average molecular weight is 294 g/mol. The summed E-state index contributed by atoms with van der Waals surface area (Å²) >= 11 is 3.26. The van der Waals surface area contributed by atoms with Gasteiger partial charge in [-0.2, -0.15) is 0 Å². The Balaban J connectivity index is 3.05. The molecule has 0 aliphatic rings. The molecule has 0 aromatic heterocycles. The molecule has 0 aliphatic heterocycles. The van der Waals surface area contributed by atoms with Crippen LogP contribution in [0.1, 0.15) is 5.56 Å². The van der Waals surface area contributed by atoms with E-state index in [1.807, 2.05) is 0 Å². The van der Waals surface area contributed by atoms with Crippen molar-refractivity contribution < 1.29 is 13.5 Å². The highest BCUT2D eigenvalue weighted by Crippen LogP contribution is 2.19. The summed E-state index contributed by atoms with van der Waals surface area (Å²) in [5.74, 6) is 0. The Labute approximate surface area is 97.5 Å². The smallest absolute Gasteiger partial charge is 0.240 e. The van der Waals surface area contributed by atoms with Crippen LogP contribution in [0.25, 0.3) is 0 Å². The number of aliphatic hydroxyl groups excluding tert-OH is 1. The molecule has 0 bridgehead atoms. The van der Waals surface area contributed by atoms with Crippen LogP contribution in [0.3, 0.4) is 0 Å². The normalized spacial score (nSPS) is 11.7. The summed E-state index contributed by atoms with van der Waals surface area (Å²) in [7, 11) is -3.50. The van der Waals surface area contributed by atoms with E-state index in [0.29, 0.717) is 5.56 Å². The number of hydrogen-bond donors (Lipinski definition) is 2. The molecular formula is C9H12BrNO3S. The summed E-state index contributed by atoms with van der Waals surface area (Å²) in [5, 5.41) is 8.56. The third kappa shape index (κ3) is 3.27. The number of benzene rings is 1. The van der Waals surface area contributed by atoms with Crippen LogP contribution in [-0.2, 0) is 10.0 Å². The standard InChI is InChI=1S/C9H12BrNO3S/c1-7-6-8(10)2-3-9(7)15(13,14)11-4-5-12/h2-3,6,11-12H,4-5H2,1H3. The molecule has 0 aliphatic carbocycles. The summed E-state index contributed by atoms with van der Waals surface area (Å²) < 4.78 is 26.5. The molecule has 84 valence electrons. The van der Waals surface area contributed by atoms with Gasteiger partial charge >= 0.3 is 0 Å². The summed E-state index contributed by atoms with van der Waals surface area (Å²) in [6.45, 7) is 1.53. The minimum Gasteiger partial charge on any atom is -0.395 e. The van der Waals surface area contributed by atoms with Gasteiger partial charge in [-0.1, -0.05) is 15.9 Å². The first kappa shape index (κ1) is 12.6. The first-order chi connectivity index (χ1) is 6.97. The lowest BCUT2D eigenvalue weighted by atomic mass is 10.2. The maximum Gasteiger partial charge on any atom is 0.240 e. The van der Waals surface area contributed by atoms with Crippen molar-refractivity contribution in [3.63, 3.8) is 0 Å². The zero-order valence-electron chi connectivity index (χ0n) is 8.20. The highest BCUT2D eigenvalue weighted by atomic mass is 79.9. The summed E-state index contributed by atoms with van der Waals surface area (Å²) in [5.41, 5.74) is 0.662. The molecule has 1 aromatic rings. The van der Waals surface area contributed by atoms with Crippen LogP contribution >= 0.6 is 15.9 Å². The van der Waals surface area contributed by atoms with Crippen molar-refractivity contribution >= 4 is 26.0 Å². The van der Waals surface area contributed by atoms with Crippen molar-refractivity contribution in [3.8, 4) is 0 Å². The summed E-state index contributed by atoms with van der Waals surface area (Å²) in [6, 6.07) is 4.92. The van der Waals surface area contributed by atoms with Gasteiger partial charge in [0.15, 0.2) is 0 Å². The van der Waals surface area contributed by atoms with Crippen LogP contribution in [0.5, 0.6) is 0 Å². The van der Waals surface area contributed by atoms with Crippen molar-refractivity contribution in [1.29, 1.82) is 0 Å². The van der Waals surface area contributed by atoms with E-state index in [9.17, 15) is 8.42 Å². The topological polar surface area (TPSA) is 66.4 Å². The second-order valence-electron chi connectivity index (χ2n) is 3.03. The van der Waals surface area contributed by atoms with Gasteiger partial charge in [-0.3, -0.25) is 0 Å². The van der Waals surface area contributed by atoms with E-state index in [-0.39, 0.29) is 18.0 Å². The Morgan fingerprint density at radius 3 is 2.67 bits per heavy atom. The molecule has 0 spiro atoms. The molecule has 1 aromatic carbocycles. The monoisotopic (exact) mass is 293 g/mol. The zero-order chi connectivity index (χ0) is 11.5. The molecule has 0 fully saturated rings. The van der Waals surface area contributed by atoms with Crippen molar-refractivity contribution in [2.75, 3.05) is 13.2 Å². The number of nitrogens with one attached hydrogen (secondary N) is 1. The minimum absolute atomic E-state index is 0.0256. The van der Waals surface area contributed by atoms with E-state index >= 15 is 0 Å². The van der Waals surface area contributed by atoms with Crippen LogP contribution in [0, 0.1) is 6.92 Å². The van der Waals surface area contributed by atoms with Crippen molar-refractivity contribution in [2.24, 2.45) is 0 Å². The van der Waals surface area contributed by atoms with Gasteiger partial charge in [0.25, 0.3) is 0 Å². The number of aliphatic hydroxyl groups is 1. The molecule has 0 saturated heterocycles. The second kappa shape index (κ2) is 5.07. The van der Waals surface area contributed by atoms with Gasteiger partial charge in [0.1, 0.15) is 0 Å². The van der Waals surface area contributed by atoms with E-state index < -0.39 is 10.0 Å². The maximum atomic E-state index is 11.7. The Bertz CT molecular complexity index is 445. The fraction of sp³-hybridized carbons (Fsp3) is 0.333. The largest absolute Gasteiger partial charge is 0.395 e. The molecule has 0 unspecified atom stereocenters. The summed E-state index contributed by atoms with van der Waals surface area (Å²) in [4.78, 5) is 0.235. The van der Waals surface area contributed by atoms with Gasteiger partial charge < -0.3 is 5.11 Å². The molecule has 1 rings (SSSR count). The predicted molar refractivity (Wildman–Crippen MR) is 61.2 cm³/mol.